The van der Waals surface area contributed by atoms with Crippen LogP contribution in [-0.2, 0) is 0 Å². The Balaban J connectivity index is 0.000000145. The first-order valence-corrected chi connectivity index (χ1v) is 34.6. The van der Waals surface area contributed by atoms with Crippen molar-refractivity contribution in [3.05, 3.63) is 352 Å². The minimum absolute atomic E-state index is 0.569. The van der Waals surface area contributed by atoms with Crippen molar-refractivity contribution >= 4 is 86.4 Å². The lowest BCUT2D eigenvalue weighted by molar-refractivity contribution is 1.07. The quantitative estimate of drug-likeness (QED) is 0.122. The molecule has 0 atom stereocenters. The topological polar surface area (TPSA) is 129 Å². The Bertz CT molecular complexity index is 6540. The molecule has 0 saturated carbocycles. The van der Waals surface area contributed by atoms with Crippen LogP contribution in [0.1, 0.15) is 0 Å². The normalized spacial score (nSPS) is 11.5. The Hall–Kier alpha value is -14.2. The molecular formula is C94H58N10. The van der Waals surface area contributed by atoms with Crippen LogP contribution in [0.2, 0.25) is 0 Å². The van der Waals surface area contributed by atoms with E-state index in [2.05, 4.69) is 313 Å². The zero-order chi connectivity index (χ0) is 68.9. The number of benzene rings is 14. The summed E-state index contributed by atoms with van der Waals surface area (Å²) in [4.78, 5) is 48.5. The van der Waals surface area contributed by atoms with Gasteiger partial charge in [0.1, 0.15) is 0 Å². The van der Waals surface area contributed by atoms with Gasteiger partial charge in [-0.1, -0.05) is 267 Å². The van der Waals surface area contributed by atoms with Gasteiger partial charge in [-0.3, -0.25) is 9.97 Å². The summed E-state index contributed by atoms with van der Waals surface area (Å²) in [6, 6.07) is 114. The molecule has 0 spiro atoms. The molecule has 0 aliphatic carbocycles. The average Bonchev–Trinajstić information content (AvgIpc) is 0.744. The van der Waals surface area contributed by atoms with Crippen LogP contribution in [0.15, 0.2) is 352 Å². The fraction of sp³-hybridized carbons (Fsp3) is 0. The lowest BCUT2D eigenvalue weighted by Gasteiger charge is -2.13. The number of nitrogens with zero attached hydrogens (tertiary/aromatic N) is 10. The minimum Gasteiger partial charge on any atom is -0.265 e. The van der Waals surface area contributed by atoms with Crippen molar-refractivity contribution in [1.29, 1.82) is 0 Å². The highest BCUT2D eigenvalue weighted by atomic mass is 15.0. The zero-order valence-electron chi connectivity index (χ0n) is 56.0. The molecule has 10 heteroatoms. The largest absolute Gasteiger partial charge is 0.265 e. The van der Waals surface area contributed by atoms with Crippen molar-refractivity contribution in [2.75, 3.05) is 0 Å². The molecule has 0 amide bonds. The third kappa shape index (κ3) is 11.5. The van der Waals surface area contributed by atoms with Crippen LogP contribution in [0.25, 0.3) is 200 Å². The molecule has 10 nitrogen and oxygen atoms in total. The molecule has 6 aromatic heterocycles. The Morgan fingerprint density at radius 1 is 0.163 bits per heavy atom. The van der Waals surface area contributed by atoms with E-state index in [1.54, 1.807) is 24.8 Å². The number of hydrogen-bond acceptors (Lipinski definition) is 10. The number of pyridine rings is 4. The van der Waals surface area contributed by atoms with Crippen LogP contribution < -0.4 is 0 Å². The van der Waals surface area contributed by atoms with Crippen molar-refractivity contribution < 1.29 is 0 Å². The first kappa shape index (κ1) is 60.9. The number of aromatic nitrogens is 10. The molecule has 0 aliphatic rings. The second kappa shape index (κ2) is 26.1. The maximum Gasteiger partial charge on any atom is 0.165 e. The third-order valence-corrected chi connectivity index (χ3v) is 19.5. The molecule has 484 valence electrons. The van der Waals surface area contributed by atoms with Gasteiger partial charge in [-0.25, -0.2) is 39.9 Å². The van der Waals surface area contributed by atoms with Gasteiger partial charge in [-0.15, -0.1) is 0 Å². The van der Waals surface area contributed by atoms with Gasteiger partial charge in [0.2, 0.25) is 0 Å². The number of fused-ring (bicyclic) bond motifs is 12. The summed E-state index contributed by atoms with van der Waals surface area (Å²) in [6.45, 7) is 0. The Morgan fingerprint density at radius 2 is 0.510 bits per heavy atom. The average molecular weight is 1330 g/mol. The van der Waals surface area contributed by atoms with Gasteiger partial charge in [0.25, 0.3) is 0 Å². The van der Waals surface area contributed by atoms with E-state index in [9.17, 15) is 0 Å². The number of hydrogen-bond donors (Lipinski definition) is 0. The van der Waals surface area contributed by atoms with E-state index in [0.29, 0.717) is 34.9 Å². The first-order valence-electron chi connectivity index (χ1n) is 34.6. The first-order chi connectivity index (χ1) is 51.5. The van der Waals surface area contributed by atoms with E-state index in [-0.39, 0.29) is 0 Å². The van der Waals surface area contributed by atoms with Gasteiger partial charge < -0.3 is 0 Å². The van der Waals surface area contributed by atoms with Crippen molar-refractivity contribution in [3.8, 4) is 113 Å². The molecule has 14 aromatic carbocycles. The van der Waals surface area contributed by atoms with E-state index >= 15 is 0 Å². The van der Waals surface area contributed by atoms with Crippen molar-refractivity contribution in [3.63, 3.8) is 0 Å². The van der Waals surface area contributed by atoms with Gasteiger partial charge in [0, 0.05) is 102 Å². The molecule has 0 saturated heterocycles. The summed E-state index contributed by atoms with van der Waals surface area (Å²) >= 11 is 0. The van der Waals surface area contributed by atoms with Crippen LogP contribution in [-0.4, -0.2) is 49.8 Å². The molecule has 0 radical (unpaired) electrons. The van der Waals surface area contributed by atoms with Crippen LogP contribution >= 0.6 is 0 Å². The van der Waals surface area contributed by atoms with Crippen molar-refractivity contribution in [2.24, 2.45) is 0 Å². The lowest BCUT2D eigenvalue weighted by Crippen LogP contribution is -2.00. The summed E-state index contributed by atoms with van der Waals surface area (Å²) in [5.74, 6) is 3.66. The van der Waals surface area contributed by atoms with Crippen LogP contribution in [0, 0.1) is 0 Å². The van der Waals surface area contributed by atoms with Gasteiger partial charge >= 0.3 is 0 Å². The smallest absolute Gasteiger partial charge is 0.165 e. The SMILES string of the molecule is c1cc(-c2ccc(-c3nc(-c4ccc5ccccc5c4)nc(-c4ccc5ccccc5c4)n3)cc2)cc(-c2nc3ccccc3c3c2ccc2ccccc23)c1.c1cncc(-c2nc(-c3ccncc3)nc(-c3ccc(-c4cccc(-c5nc6ccccc6c6c5ccc5ccccc56)c4)cc3)n2)c1. The van der Waals surface area contributed by atoms with Crippen molar-refractivity contribution in [1.82, 2.24) is 49.8 Å². The van der Waals surface area contributed by atoms with E-state index in [0.717, 1.165) is 116 Å². The van der Waals surface area contributed by atoms with E-state index in [1.165, 1.54) is 48.5 Å². The molecule has 0 fully saturated rings. The van der Waals surface area contributed by atoms with Crippen LogP contribution in [0.4, 0.5) is 0 Å². The van der Waals surface area contributed by atoms with Crippen LogP contribution in [0.3, 0.4) is 0 Å². The van der Waals surface area contributed by atoms with Crippen LogP contribution in [0.5, 0.6) is 0 Å². The minimum atomic E-state index is 0.569. The summed E-state index contributed by atoms with van der Waals surface area (Å²) in [6.07, 6.45) is 6.99. The lowest BCUT2D eigenvalue weighted by atomic mass is 9.94. The standard InChI is InChI=1S/C52H32N4.C42H26N6/c1-3-13-38-31-42(26-22-33(38)10-1)51-54-50(55-52(56-51)43-27-23-34-11-2-4-14-39(34)32-43)37-24-20-35(21-25-37)40-15-9-16-41(30-40)49-46-29-28-36-12-5-6-17-44(36)48(46)45-18-7-8-19-47(45)53-49;1-2-11-34-28(7-1)18-19-36-38(34)35-12-3-4-13-37(35)45-39(36)32-9-5-8-31(25-32)27-14-16-29(17-15-27)40-46-41(30-20-23-43-24-21-30)48-42(47-40)33-10-6-22-44-26-33/h1-32H;1-26H. The summed E-state index contributed by atoms with van der Waals surface area (Å²) in [7, 11) is 0. The molecule has 20 rings (SSSR count). The molecule has 0 N–H and O–H groups in total. The summed E-state index contributed by atoms with van der Waals surface area (Å²) < 4.78 is 0. The highest BCUT2D eigenvalue weighted by Gasteiger charge is 2.20. The highest BCUT2D eigenvalue weighted by molar-refractivity contribution is 6.24. The van der Waals surface area contributed by atoms with Crippen molar-refractivity contribution in [2.45, 2.75) is 0 Å². The Kier molecular flexibility index (Phi) is 15.3. The molecular weight excluding hydrogens is 1270 g/mol. The molecule has 20 aromatic rings. The fourth-order valence-electron chi connectivity index (χ4n) is 14.4. The third-order valence-electron chi connectivity index (χ3n) is 19.5. The molecule has 104 heavy (non-hydrogen) atoms. The van der Waals surface area contributed by atoms with Gasteiger partial charge in [-0.2, -0.15) is 0 Å². The molecule has 0 bridgehead atoms. The van der Waals surface area contributed by atoms with Gasteiger partial charge in [0.05, 0.1) is 22.4 Å². The Morgan fingerprint density at radius 3 is 0.962 bits per heavy atom. The van der Waals surface area contributed by atoms with E-state index < -0.39 is 0 Å². The van der Waals surface area contributed by atoms with E-state index in [4.69, 9.17) is 39.9 Å². The summed E-state index contributed by atoms with van der Waals surface area (Å²) in [5, 5.41) is 16.7. The predicted octanol–water partition coefficient (Wildman–Crippen LogP) is 23.2. The zero-order valence-corrected chi connectivity index (χ0v) is 56.0. The maximum atomic E-state index is 5.25. The van der Waals surface area contributed by atoms with E-state index in [1.807, 2.05) is 24.3 Å². The second-order valence-electron chi connectivity index (χ2n) is 25.9. The highest BCUT2D eigenvalue weighted by Crippen LogP contribution is 2.41. The summed E-state index contributed by atoms with van der Waals surface area (Å²) in [5.41, 5.74) is 15.9. The Labute approximate surface area is 598 Å². The maximum absolute atomic E-state index is 5.25. The van der Waals surface area contributed by atoms with Gasteiger partial charge in [-0.05, 0) is 126 Å². The fourth-order valence-corrected chi connectivity index (χ4v) is 14.4. The molecule has 6 heterocycles. The number of rotatable bonds is 10. The monoisotopic (exact) mass is 1330 g/mol. The predicted molar refractivity (Wildman–Crippen MR) is 425 cm³/mol. The number of para-hydroxylation sites is 2. The molecule has 0 aliphatic heterocycles. The molecule has 0 unspecified atom stereocenters. The van der Waals surface area contributed by atoms with Gasteiger partial charge in [0.15, 0.2) is 34.9 Å². The second-order valence-corrected chi connectivity index (χ2v) is 25.9.